The molecule has 0 bridgehead atoms. The Balaban J connectivity index is 2.20. The van der Waals surface area contributed by atoms with Crippen LogP contribution in [0.15, 0.2) is 36.8 Å². The highest BCUT2D eigenvalue weighted by Gasteiger charge is 2.09. The van der Waals surface area contributed by atoms with E-state index in [-0.39, 0.29) is 5.69 Å². The summed E-state index contributed by atoms with van der Waals surface area (Å²) in [5.74, 6) is -0.408. The highest BCUT2D eigenvalue weighted by atomic mass is 35.5. The van der Waals surface area contributed by atoms with Crippen LogP contribution < -0.4 is 5.32 Å². The normalized spacial score (nSPS) is 9.56. The molecule has 1 aromatic heterocycles. The second kappa shape index (κ2) is 5.25. The third-order valence-corrected chi connectivity index (χ3v) is 2.45. The molecule has 2 aromatic rings. The van der Waals surface area contributed by atoms with E-state index in [2.05, 4.69) is 15.3 Å². The lowest BCUT2D eigenvalue weighted by molar-refractivity contribution is 0.102. The first kappa shape index (κ1) is 12.0. The van der Waals surface area contributed by atoms with Gasteiger partial charge in [0.2, 0.25) is 0 Å². The van der Waals surface area contributed by atoms with Gasteiger partial charge in [-0.3, -0.25) is 9.78 Å². The number of nitrogens with zero attached hydrogens (tertiary/aromatic N) is 3. The van der Waals surface area contributed by atoms with Crippen LogP contribution in [0.3, 0.4) is 0 Å². The number of hydrogen-bond acceptors (Lipinski definition) is 4. The summed E-state index contributed by atoms with van der Waals surface area (Å²) in [6.07, 6.45) is 4.26. The van der Waals surface area contributed by atoms with Crippen LogP contribution in [0, 0.1) is 11.3 Å². The fourth-order valence-corrected chi connectivity index (χ4v) is 1.52. The maximum atomic E-state index is 11.8. The third kappa shape index (κ3) is 2.62. The zero-order valence-corrected chi connectivity index (χ0v) is 9.85. The largest absolute Gasteiger partial charge is 0.319 e. The number of aromatic nitrogens is 2. The fraction of sp³-hybridized carbons (Fsp3) is 0. The first-order chi connectivity index (χ1) is 8.70. The van der Waals surface area contributed by atoms with E-state index in [1.54, 1.807) is 12.1 Å². The summed E-state index contributed by atoms with van der Waals surface area (Å²) in [6.45, 7) is 0. The van der Waals surface area contributed by atoms with Gasteiger partial charge in [0.25, 0.3) is 5.91 Å². The van der Waals surface area contributed by atoms with E-state index in [1.165, 1.54) is 24.7 Å². The molecule has 5 nitrogen and oxygen atoms in total. The molecule has 6 heteroatoms. The van der Waals surface area contributed by atoms with Gasteiger partial charge in [0.1, 0.15) is 5.69 Å². The Morgan fingerprint density at radius 1 is 1.39 bits per heavy atom. The minimum absolute atomic E-state index is 0.193. The third-order valence-electron chi connectivity index (χ3n) is 2.14. The predicted molar refractivity (Wildman–Crippen MR) is 66.2 cm³/mol. The van der Waals surface area contributed by atoms with Crippen molar-refractivity contribution in [2.75, 3.05) is 5.32 Å². The van der Waals surface area contributed by atoms with Crippen molar-refractivity contribution in [2.24, 2.45) is 0 Å². The Morgan fingerprint density at radius 2 is 2.22 bits per heavy atom. The van der Waals surface area contributed by atoms with E-state index < -0.39 is 5.91 Å². The van der Waals surface area contributed by atoms with E-state index in [0.717, 1.165) is 0 Å². The summed E-state index contributed by atoms with van der Waals surface area (Å²) in [6, 6.07) is 6.57. The molecule has 18 heavy (non-hydrogen) atoms. The van der Waals surface area contributed by atoms with E-state index in [1.807, 2.05) is 6.07 Å². The van der Waals surface area contributed by atoms with E-state index in [0.29, 0.717) is 16.3 Å². The summed E-state index contributed by atoms with van der Waals surface area (Å²) in [7, 11) is 0. The molecule has 0 saturated carbocycles. The molecular weight excluding hydrogens is 252 g/mol. The first-order valence-corrected chi connectivity index (χ1v) is 5.35. The highest BCUT2D eigenvalue weighted by Crippen LogP contribution is 2.23. The van der Waals surface area contributed by atoms with Crippen LogP contribution in [-0.4, -0.2) is 15.9 Å². The van der Waals surface area contributed by atoms with Crippen LogP contribution in [0.5, 0.6) is 0 Å². The number of carbonyl (C=O) groups is 1. The van der Waals surface area contributed by atoms with Gasteiger partial charge >= 0.3 is 0 Å². The van der Waals surface area contributed by atoms with Gasteiger partial charge in [-0.15, -0.1) is 0 Å². The number of rotatable bonds is 2. The van der Waals surface area contributed by atoms with Crippen molar-refractivity contribution in [3.63, 3.8) is 0 Å². The molecule has 0 unspecified atom stereocenters. The summed E-state index contributed by atoms with van der Waals surface area (Å²) < 4.78 is 0. The zero-order valence-electron chi connectivity index (χ0n) is 9.09. The van der Waals surface area contributed by atoms with Gasteiger partial charge in [-0.2, -0.15) is 5.26 Å². The van der Waals surface area contributed by atoms with Crippen molar-refractivity contribution >= 4 is 23.2 Å². The van der Waals surface area contributed by atoms with Crippen molar-refractivity contribution in [3.05, 3.63) is 53.1 Å². The summed E-state index contributed by atoms with van der Waals surface area (Å²) >= 11 is 5.94. The zero-order chi connectivity index (χ0) is 13.0. The quantitative estimate of drug-likeness (QED) is 0.896. The lowest BCUT2D eigenvalue weighted by atomic mass is 10.2. The van der Waals surface area contributed by atoms with Crippen LogP contribution in [0.2, 0.25) is 5.02 Å². The van der Waals surface area contributed by atoms with Gasteiger partial charge in [-0.1, -0.05) is 11.6 Å². The summed E-state index contributed by atoms with van der Waals surface area (Å²) in [4.78, 5) is 19.4. The standard InChI is InChI=1S/C12H7ClN4O/c13-9-5-8(6-14)1-2-10(9)17-12(18)11-7-15-3-4-16-11/h1-5,7H,(H,17,18). The minimum Gasteiger partial charge on any atom is -0.319 e. The molecule has 0 aliphatic carbocycles. The van der Waals surface area contributed by atoms with Crippen molar-refractivity contribution in [1.82, 2.24) is 9.97 Å². The van der Waals surface area contributed by atoms with Crippen LogP contribution in [0.25, 0.3) is 0 Å². The van der Waals surface area contributed by atoms with Gasteiger partial charge in [0, 0.05) is 12.4 Å². The van der Waals surface area contributed by atoms with Crippen LogP contribution in [0.4, 0.5) is 5.69 Å². The Labute approximate surface area is 108 Å². The summed E-state index contributed by atoms with van der Waals surface area (Å²) in [5, 5.41) is 11.6. The number of halogens is 1. The Morgan fingerprint density at radius 3 is 2.83 bits per heavy atom. The van der Waals surface area contributed by atoms with Crippen LogP contribution in [-0.2, 0) is 0 Å². The molecule has 0 aliphatic heterocycles. The van der Waals surface area contributed by atoms with E-state index in [4.69, 9.17) is 16.9 Å². The number of nitriles is 1. The Bertz CT molecular complexity index is 622. The monoisotopic (exact) mass is 258 g/mol. The smallest absolute Gasteiger partial charge is 0.275 e. The molecule has 0 atom stereocenters. The predicted octanol–water partition coefficient (Wildman–Crippen LogP) is 2.25. The molecule has 1 N–H and O–H groups in total. The average Bonchev–Trinajstić information content (AvgIpc) is 2.42. The molecule has 88 valence electrons. The molecule has 0 radical (unpaired) electrons. The Kier molecular flexibility index (Phi) is 3.51. The molecular formula is C12H7ClN4O. The fourth-order valence-electron chi connectivity index (χ4n) is 1.29. The maximum absolute atomic E-state index is 11.8. The molecule has 0 spiro atoms. The average molecular weight is 259 g/mol. The van der Waals surface area contributed by atoms with E-state index in [9.17, 15) is 4.79 Å². The molecule has 0 saturated heterocycles. The highest BCUT2D eigenvalue weighted by molar-refractivity contribution is 6.34. The van der Waals surface area contributed by atoms with Gasteiger partial charge in [0.15, 0.2) is 0 Å². The SMILES string of the molecule is N#Cc1ccc(NC(=O)c2cnccn2)c(Cl)c1. The molecule has 0 aliphatic rings. The molecule has 1 heterocycles. The minimum atomic E-state index is -0.408. The maximum Gasteiger partial charge on any atom is 0.275 e. The van der Waals surface area contributed by atoms with Crippen molar-refractivity contribution < 1.29 is 4.79 Å². The van der Waals surface area contributed by atoms with Crippen molar-refractivity contribution in [3.8, 4) is 6.07 Å². The van der Waals surface area contributed by atoms with E-state index >= 15 is 0 Å². The van der Waals surface area contributed by atoms with Crippen molar-refractivity contribution in [2.45, 2.75) is 0 Å². The number of hydrogen-bond donors (Lipinski definition) is 1. The van der Waals surface area contributed by atoms with Crippen LogP contribution in [0.1, 0.15) is 16.1 Å². The van der Waals surface area contributed by atoms with Gasteiger partial charge in [0.05, 0.1) is 28.5 Å². The number of anilines is 1. The second-order valence-corrected chi connectivity index (χ2v) is 3.76. The number of amides is 1. The second-order valence-electron chi connectivity index (χ2n) is 3.35. The van der Waals surface area contributed by atoms with Gasteiger partial charge in [-0.25, -0.2) is 4.98 Å². The molecule has 0 fully saturated rings. The van der Waals surface area contributed by atoms with Gasteiger partial charge in [-0.05, 0) is 18.2 Å². The lowest BCUT2D eigenvalue weighted by Crippen LogP contribution is -2.14. The number of nitrogens with one attached hydrogen (secondary N) is 1. The summed E-state index contributed by atoms with van der Waals surface area (Å²) in [5.41, 5.74) is 1.04. The Hall–Kier alpha value is -2.45. The topological polar surface area (TPSA) is 78.7 Å². The molecule has 1 aromatic carbocycles. The first-order valence-electron chi connectivity index (χ1n) is 4.97. The van der Waals surface area contributed by atoms with Crippen LogP contribution >= 0.6 is 11.6 Å². The number of benzene rings is 1. The van der Waals surface area contributed by atoms with Gasteiger partial charge < -0.3 is 5.32 Å². The van der Waals surface area contributed by atoms with Crippen molar-refractivity contribution in [1.29, 1.82) is 5.26 Å². The molecule has 1 amide bonds. The lowest BCUT2D eigenvalue weighted by Gasteiger charge is -2.06. The molecule has 2 rings (SSSR count). The number of carbonyl (C=O) groups excluding carboxylic acids is 1.